The highest BCUT2D eigenvalue weighted by atomic mass is 17.2. The molecule has 10 nitrogen and oxygen atoms in total. The number of ketones is 2. The van der Waals surface area contributed by atoms with E-state index in [1.165, 1.54) is 72.8 Å². The highest BCUT2D eigenvalue weighted by molar-refractivity contribution is 6.17. The van der Waals surface area contributed by atoms with Gasteiger partial charge in [0.2, 0.25) is 0 Å². The third kappa shape index (κ3) is 8.08. The lowest BCUT2D eigenvalue weighted by molar-refractivity contribution is -0.187. The van der Waals surface area contributed by atoms with Crippen molar-refractivity contribution >= 4 is 35.4 Å². The van der Waals surface area contributed by atoms with Crippen LogP contribution in [0.4, 0.5) is 0 Å². The lowest BCUT2D eigenvalue weighted by atomic mass is 9.97. The molecule has 0 aliphatic carbocycles. The molecule has 246 valence electrons. The van der Waals surface area contributed by atoms with Gasteiger partial charge in [0.1, 0.15) is 11.5 Å². The van der Waals surface area contributed by atoms with Gasteiger partial charge in [-0.1, -0.05) is 88.4 Å². The molecule has 4 rings (SSSR count). The Morgan fingerprint density at radius 2 is 0.750 bits per heavy atom. The summed E-state index contributed by atoms with van der Waals surface area (Å²) in [5.41, 5.74) is -0.558. The zero-order chi connectivity index (χ0) is 34.8. The number of hydrogen-bond acceptors (Lipinski definition) is 10. The topological polar surface area (TPSA) is 139 Å². The van der Waals surface area contributed by atoms with Gasteiger partial charge in [-0.2, -0.15) is 0 Å². The van der Waals surface area contributed by atoms with Crippen molar-refractivity contribution in [2.75, 3.05) is 0 Å². The van der Waals surface area contributed by atoms with Gasteiger partial charge < -0.3 is 9.47 Å². The molecule has 10 heteroatoms. The molecule has 4 aromatic rings. The third-order valence-electron chi connectivity index (χ3n) is 7.69. The summed E-state index contributed by atoms with van der Waals surface area (Å²) in [6, 6.07) is 23.7. The maximum atomic E-state index is 13.6. The van der Waals surface area contributed by atoms with Crippen molar-refractivity contribution in [2.45, 2.75) is 40.5 Å². The van der Waals surface area contributed by atoms with Gasteiger partial charge in [0.05, 0.1) is 34.1 Å². The minimum atomic E-state index is -1.16. The zero-order valence-corrected chi connectivity index (χ0v) is 26.9. The van der Waals surface area contributed by atoms with Gasteiger partial charge >= 0.3 is 23.9 Å². The first-order valence-corrected chi connectivity index (χ1v) is 15.4. The van der Waals surface area contributed by atoms with E-state index >= 15 is 0 Å². The van der Waals surface area contributed by atoms with E-state index in [0.717, 1.165) is 0 Å². The van der Waals surface area contributed by atoms with Gasteiger partial charge in [0.15, 0.2) is 11.6 Å². The standard InChI is InChI=1S/C38H34O10/c1-5-23(3)35(41)45-31-21-13-11-19-29(31)33(39)25-15-7-9-17-27(25)37(43)47-48-38(44)28-18-10-8-16-26(28)34(40)30-20-12-14-22-32(30)46-36(42)24(4)6-2/h7-24H,5-6H2,1-4H3. The Bertz CT molecular complexity index is 1720. The van der Waals surface area contributed by atoms with Crippen molar-refractivity contribution in [2.24, 2.45) is 11.8 Å². The van der Waals surface area contributed by atoms with Crippen LogP contribution in [0, 0.1) is 11.8 Å². The normalized spacial score (nSPS) is 11.8. The molecule has 0 N–H and O–H groups in total. The molecule has 0 heterocycles. The Kier molecular flexibility index (Phi) is 11.7. The number of rotatable bonds is 12. The van der Waals surface area contributed by atoms with E-state index in [1.807, 2.05) is 13.8 Å². The molecule has 0 saturated carbocycles. The molecular formula is C38H34O10. The van der Waals surface area contributed by atoms with E-state index in [2.05, 4.69) is 0 Å². The summed E-state index contributed by atoms with van der Waals surface area (Å²) in [5.74, 6) is -5.34. The first kappa shape index (κ1) is 35.0. The first-order valence-electron chi connectivity index (χ1n) is 15.4. The van der Waals surface area contributed by atoms with E-state index in [9.17, 15) is 28.8 Å². The number of esters is 2. The van der Waals surface area contributed by atoms with E-state index in [0.29, 0.717) is 12.8 Å². The monoisotopic (exact) mass is 650 g/mol. The number of benzene rings is 4. The van der Waals surface area contributed by atoms with Crippen LogP contribution in [0.5, 0.6) is 11.5 Å². The van der Waals surface area contributed by atoms with E-state index in [1.54, 1.807) is 38.1 Å². The minimum absolute atomic E-state index is 0.0277. The van der Waals surface area contributed by atoms with Crippen LogP contribution in [0.25, 0.3) is 0 Å². The van der Waals surface area contributed by atoms with Crippen LogP contribution in [0.1, 0.15) is 93.1 Å². The Morgan fingerprint density at radius 3 is 1.08 bits per heavy atom. The molecule has 0 radical (unpaired) electrons. The van der Waals surface area contributed by atoms with Crippen LogP contribution >= 0.6 is 0 Å². The fourth-order valence-corrected chi connectivity index (χ4v) is 4.41. The molecule has 0 fully saturated rings. The average molecular weight is 651 g/mol. The van der Waals surface area contributed by atoms with Crippen molar-refractivity contribution in [1.82, 2.24) is 0 Å². The zero-order valence-electron chi connectivity index (χ0n) is 26.9. The lowest BCUT2D eigenvalue weighted by Gasteiger charge is -2.14. The van der Waals surface area contributed by atoms with Crippen LogP contribution < -0.4 is 9.47 Å². The smallest absolute Gasteiger partial charge is 0.387 e. The molecule has 4 aromatic carbocycles. The summed E-state index contributed by atoms with van der Waals surface area (Å²) in [7, 11) is 0. The maximum absolute atomic E-state index is 13.6. The predicted octanol–water partition coefficient (Wildman–Crippen LogP) is 6.98. The summed E-state index contributed by atoms with van der Waals surface area (Å²) in [6.45, 7) is 7.08. The molecule has 48 heavy (non-hydrogen) atoms. The maximum Gasteiger partial charge on any atom is 0.387 e. The summed E-state index contributed by atoms with van der Waals surface area (Å²) in [5, 5.41) is 0. The van der Waals surface area contributed by atoms with Gasteiger partial charge in [0.25, 0.3) is 0 Å². The number of hydrogen-bond donors (Lipinski definition) is 0. The molecule has 0 bridgehead atoms. The second kappa shape index (κ2) is 16.1. The van der Waals surface area contributed by atoms with Crippen LogP contribution in [0.2, 0.25) is 0 Å². The SMILES string of the molecule is CCC(C)C(=O)Oc1ccccc1C(=O)c1ccccc1C(=O)OOC(=O)c1ccccc1C(=O)c1ccccc1OC(=O)C(C)CC. The van der Waals surface area contributed by atoms with E-state index < -0.39 is 47.3 Å². The van der Waals surface area contributed by atoms with Crippen molar-refractivity contribution in [1.29, 1.82) is 0 Å². The second-order valence-corrected chi connectivity index (χ2v) is 10.9. The predicted molar refractivity (Wildman–Crippen MR) is 174 cm³/mol. The number of ether oxygens (including phenoxy) is 2. The van der Waals surface area contributed by atoms with Crippen LogP contribution in [0.3, 0.4) is 0 Å². The van der Waals surface area contributed by atoms with Crippen molar-refractivity contribution < 1.29 is 48.0 Å². The Morgan fingerprint density at radius 1 is 0.458 bits per heavy atom. The van der Waals surface area contributed by atoms with Crippen LogP contribution in [-0.2, 0) is 19.4 Å². The summed E-state index contributed by atoms with van der Waals surface area (Å²) >= 11 is 0. The van der Waals surface area contributed by atoms with Gasteiger partial charge in [-0.05, 0) is 49.2 Å². The Labute approximate surface area is 277 Å². The van der Waals surface area contributed by atoms with E-state index in [4.69, 9.17) is 19.2 Å². The van der Waals surface area contributed by atoms with Crippen molar-refractivity contribution in [3.8, 4) is 11.5 Å². The Hall–Kier alpha value is -5.90. The second-order valence-electron chi connectivity index (χ2n) is 10.9. The molecule has 0 spiro atoms. The van der Waals surface area contributed by atoms with Crippen LogP contribution in [-0.4, -0.2) is 35.4 Å². The number of carbonyl (C=O) groups excluding carboxylic acids is 6. The molecule has 0 saturated heterocycles. The molecular weight excluding hydrogens is 616 g/mol. The van der Waals surface area contributed by atoms with Gasteiger partial charge in [-0.25, -0.2) is 19.4 Å². The van der Waals surface area contributed by atoms with Gasteiger partial charge in [0, 0.05) is 11.1 Å². The highest BCUT2D eigenvalue weighted by Gasteiger charge is 2.27. The molecule has 0 aliphatic heterocycles. The van der Waals surface area contributed by atoms with E-state index in [-0.39, 0.29) is 44.9 Å². The quantitative estimate of drug-likeness (QED) is 0.0519. The highest BCUT2D eigenvalue weighted by Crippen LogP contribution is 2.27. The minimum Gasteiger partial charge on any atom is -0.426 e. The lowest BCUT2D eigenvalue weighted by Crippen LogP contribution is -2.20. The largest absolute Gasteiger partial charge is 0.426 e. The summed E-state index contributed by atoms with van der Waals surface area (Å²) in [4.78, 5) is 88.1. The van der Waals surface area contributed by atoms with Gasteiger partial charge in [-0.3, -0.25) is 19.2 Å². The molecule has 0 aliphatic rings. The summed E-state index contributed by atoms with van der Waals surface area (Å²) in [6.07, 6.45) is 1.09. The average Bonchev–Trinajstić information content (AvgIpc) is 3.12. The van der Waals surface area contributed by atoms with Crippen molar-refractivity contribution in [3.05, 3.63) is 130 Å². The number of para-hydroxylation sites is 2. The molecule has 0 amide bonds. The van der Waals surface area contributed by atoms with Crippen LogP contribution in [0.15, 0.2) is 97.1 Å². The van der Waals surface area contributed by atoms with Crippen molar-refractivity contribution in [3.63, 3.8) is 0 Å². The summed E-state index contributed by atoms with van der Waals surface area (Å²) < 4.78 is 11.0. The Balaban J connectivity index is 1.54. The third-order valence-corrected chi connectivity index (χ3v) is 7.69. The molecule has 2 atom stereocenters. The van der Waals surface area contributed by atoms with Gasteiger partial charge in [-0.15, -0.1) is 0 Å². The molecule has 0 aromatic heterocycles. The number of carbonyl (C=O) groups is 6. The fraction of sp³-hybridized carbons (Fsp3) is 0.211. The first-order chi connectivity index (χ1) is 23.1. The molecule has 2 unspecified atom stereocenters. The fourth-order valence-electron chi connectivity index (χ4n) is 4.41.